The van der Waals surface area contributed by atoms with Crippen LogP contribution in [0.25, 0.3) is 21.5 Å². The molecule has 1 amide bonds. The number of fused-ring (bicyclic) bond motifs is 1. The van der Waals surface area contributed by atoms with Gasteiger partial charge in [0, 0.05) is 26.2 Å². The minimum atomic E-state index is -0.553. The molecule has 3 aromatic heterocycles. The zero-order valence-electron chi connectivity index (χ0n) is 16.5. The Kier molecular flexibility index (Phi) is 5.07. The fraction of sp³-hybridized carbons (Fsp3) is 0.238. The van der Waals surface area contributed by atoms with E-state index in [1.54, 1.807) is 35.6 Å². The van der Waals surface area contributed by atoms with E-state index in [0.29, 0.717) is 31.9 Å². The molecular formula is C21H17ClFN5O2S. The van der Waals surface area contributed by atoms with Crippen LogP contribution in [-0.2, 0) is 0 Å². The lowest BCUT2D eigenvalue weighted by Crippen LogP contribution is -2.49. The third kappa shape index (κ3) is 3.43. The predicted octanol–water partition coefficient (Wildman–Crippen LogP) is 4.41. The molecule has 0 unspecified atom stereocenters. The van der Waals surface area contributed by atoms with Crippen LogP contribution in [-0.4, -0.2) is 52.1 Å². The van der Waals surface area contributed by atoms with Gasteiger partial charge >= 0.3 is 0 Å². The second-order valence-corrected chi connectivity index (χ2v) is 8.48. The molecule has 4 heterocycles. The molecular weight excluding hydrogens is 441 g/mol. The normalized spacial score (nSPS) is 14.4. The molecule has 0 saturated carbocycles. The largest absolute Gasteiger partial charge is 0.360 e. The van der Waals surface area contributed by atoms with Gasteiger partial charge in [-0.15, -0.1) is 11.3 Å². The minimum absolute atomic E-state index is 0.0730. The van der Waals surface area contributed by atoms with E-state index >= 15 is 0 Å². The molecule has 10 heteroatoms. The van der Waals surface area contributed by atoms with Crippen LogP contribution in [0.2, 0.25) is 5.02 Å². The first-order chi connectivity index (χ1) is 15.0. The molecule has 1 aliphatic heterocycles. The van der Waals surface area contributed by atoms with Gasteiger partial charge in [-0.3, -0.25) is 4.79 Å². The van der Waals surface area contributed by atoms with Crippen LogP contribution in [0.5, 0.6) is 0 Å². The van der Waals surface area contributed by atoms with Crippen molar-refractivity contribution >= 4 is 44.9 Å². The van der Waals surface area contributed by atoms with Crippen molar-refractivity contribution in [1.82, 2.24) is 20.0 Å². The molecule has 31 heavy (non-hydrogen) atoms. The van der Waals surface area contributed by atoms with E-state index in [1.807, 2.05) is 11.4 Å². The molecule has 0 aliphatic carbocycles. The molecule has 0 radical (unpaired) electrons. The number of piperazine rings is 1. The average molecular weight is 458 g/mol. The van der Waals surface area contributed by atoms with E-state index < -0.39 is 5.82 Å². The van der Waals surface area contributed by atoms with E-state index in [2.05, 4.69) is 20.0 Å². The molecule has 4 aromatic rings. The Labute approximate surface area is 186 Å². The topological polar surface area (TPSA) is 75.4 Å². The summed E-state index contributed by atoms with van der Waals surface area (Å²) in [5.74, 6) is 0.398. The van der Waals surface area contributed by atoms with E-state index in [0.717, 1.165) is 16.0 Å². The van der Waals surface area contributed by atoms with Gasteiger partial charge < -0.3 is 14.3 Å². The van der Waals surface area contributed by atoms with Gasteiger partial charge in [0.05, 0.1) is 16.0 Å². The van der Waals surface area contributed by atoms with E-state index in [4.69, 9.17) is 16.1 Å². The van der Waals surface area contributed by atoms with Gasteiger partial charge in [0.25, 0.3) is 5.91 Å². The lowest BCUT2D eigenvalue weighted by molar-refractivity contribution is 0.0745. The van der Waals surface area contributed by atoms with Crippen LogP contribution < -0.4 is 4.90 Å². The second kappa shape index (κ2) is 7.90. The van der Waals surface area contributed by atoms with E-state index in [-0.39, 0.29) is 27.8 Å². The summed E-state index contributed by atoms with van der Waals surface area (Å²) in [6.07, 6.45) is 1.57. The van der Waals surface area contributed by atoms with Crippen molar-refractivity contribution in [3.8, 4) is 11.3 Å². The van der Waals surface area contributed by atoms with Crippen molar-refractivity contribution in [2.24, 2.45) is 0 Å². The fourth-order valence-electron chi connectivity index (χ4n) is 3.83. The average Bonchev–Trinajstić information content (AvgIpc) is 3.40. The Balaban J connectivity index is 1.40. The number of thiophene rings is 1. The first-order valence-corrected chi connectivity index (χ1v) is 10.9. The summed E-state index contributed by atoms with van der Waals surface area (Å²) in [7, 11) is 0. The predicted molar refractivity (Wildman–Crippen MR) is 117 cm³/mol. The Morgan fingerprint density at radius 1 is 1.19 bits per heavy atom. The summed E-state index contributed by atoms with van der Waals surface area (Å²) in [5, 5.41) is 7.12. The van der Waals surface area contributed by atoms with Crippen molar-refractivity contribution < 1.29 is 13.7 Å². The summed E-state index contributed by atoms with van der Waals surface area (Å²) in [6, 6.07) is 6.36. The zero-order chi connectivity index (χ0) is 21.5. The number of hydrogen-bond acceptors (Lipinski definition) is 7. The Morgan fingerprint density at radius 2 is 2.00 bits per heavy atom. The van der Waals surface area contributed by atoms with Crippen molar-refractivity contribution in [3.05, 3.63) is 58.1 Å². The monoisotopic (exact) mass is 457 g/mol. The van der Waals surface area contributed by atoms with Crippen LogP contribution in [0.15, 0.2) is 40.5 Å². The Bertz CT molecular complexity index is 1260. The van der Waals surface area contributed by atoms with Gasteiger partial charge in [0.15, 0.2) is 0 Å². The highest BCUT2D eigenvalue weighted by Gasteiger charge is 2.31. The molecule has 158 valence electrons. The molecule has 1 aromatic carbocycles. The smallest absolute Gasteiger partial charge is 0.259 e. The van der Waals surface area contributed by atoms with Gasteiger partial charge in [-0.25, -0.2) is 14.4 Å². The second-order valence-electron chi connectivity index (χ2n) is 7.17. The summed E-state index contributed by atoms with van der Waals surface area (Å²) in [5.41, 5.74) is 0.440. The molecule has 7 nitrogen and oxygen atoms in total. The van der Waals surface area contributed by atoms with Gasteiger partial charge in [-0.1, -0.05) is 22.8 Å². The summed E-state index contributed by atoms with van der Waals surface area (Å²) < 4.78 is 19.7. The van der Waals surface area contributed by atoms with Crippen molar-refractivity contribution in [1.29, 1.82) is 0 Å². The number of hydrogen-bond donors (Lipinski definition) is 0. The third-order valence-electron chi connectivity index (χ3n) is 5.38. The maximum atomic E-state index is 14.5. The zero-order valence-corrected chi connectivity index (χ0v) is 18.1. The van der Waals surface area contributed by atoms with Crippen molar-refractivity contribution in [2.75, 3.05) is 31.1 Å². The Hall–Kier alpha value is -3.04. The number of aryl methyl sites for hydroxylation is 1. The van der Waals surface area contributed by atoms with E-state index in [1.165, 1.54) is 12.1 Å². The summed E-state index contributed by atoms with van der Waals surface area (Å²) in [6.45, 7) is 3.86. The van der Waals surface area contributed by atoms with Crippen LogP contribution in [0, 0.1) is 12.7 Å². The van der Waals surface area contributed by atoms with Gasteiger partial charge in [-0.2, -0.15) is 0 Å². The molecule has 0 N–H and O–H groups in total. The van der Waals surface area contributed by atoms with Crippen LogP contribution >= 0.6 is 22.9 Å². The summed E-state index contributed by atoms with van der Waals surface area (Å²) in [4.78, 5) is 26.9. The molecule has 1 fully saturated rings. The number of carbonyl (C=O) groups is 1. The van der Waals surface area contributed by atoms with Crippen LogP contribution in [0.3, 0.4) is 0 Å². The molecule has 1 aliphatic rings. The standard InChI is InChI=1S/C21H17ClFN5O2S/c1-12-16(18(26-30-12)17-14(22)3-2-4-15(17)23)21(29)28-8-6-27(7-9-28)19-13-5-10-31-20(13)25-11-24-19/h2-5,10-11H,6-9H2,1H3. The summed E-state index contributed by atoms with van der Waals surface area (Å²) >= 11 is 7.77. The first-order valence-electron chi connectivity index (χ1n) is 9.67. The van der Waals surface area contributed by atoms with Crippen LogP contribution in [0.1, 0.15) is 16.1 Å². The number of anilines is 1. The third-order valence-corrected chi connectivity index (χ3v) is 6.52. The number of carbonyl (C=O) groups excluding carboxylic acids is 1. The van der Waals surface area contributed by atoms with Crippen molar-refractivity contribution in [3.63, 3.8) is 0 Å². The van der Waals surface area contributed by atoms with Crippen LogP contribution in [0.4, 0.5) is 10.2 Å². The molecule has 5 rings (SSSR count). The number of amides is 1. The van der Waals surface area contributed by atoms with Crippen molar-refractivity contribution in [2.45, 2.75) is 6.92 Å². The fourth-order valence-corrected chi connectivity index (χ4v) is 4.81. The number of benzene rings is 1. The highest BCUT2D eigenvalue weighted by molar-refractivity contribution is 7.16. The maximum absolute atomic E-state index is 14.5. The van der Waals surface area contributed by atoms with Gasteiger partial charge in [0.2, 0.25) is 0 Å². The highest BCUT2D eigenvalue weighted by atomic mass is 35.5. The molecule has 0 atom stereocenters. The molecule has 0 bridgehead atoms. The molecule has 0 spiro atoms. The number of halogens is 2. The number of nitrogens with zero attached hydrogens (tertiary/aromatic N) is 5. The lowest BCUT2D eigenvalue weighted by Gasteiger charge is -2.35. The first kappa shape index (κ1) is 19.9. The van der Waals surface area contributed by atoms with E-state index in [9.17, 15) is 9.18 Å². The quantitative estimate of drug-likeness (QED) is 0.453. The Morgan fingerprint density at radius 3 is 2.77 bits per heavy atom. The molecule has 1 saturated heterocycles. The van der Waals surface area contributed by atoms with Gasteiger partial charge in [-0.05, 0) is 30.5 Å². The maximum Gasteiger partial charge on any atom is 0.259 e. The number of rotatable bonds is 3. The minimum Gasteiger partial charge on any atom is -0.360 e. The lowest BCUT2D eigenvalue weighted by atomic mass is 10.0. The highest BCUT2D eigenvalue weighted by Crippen LogP contribution is 2.34. The van der Waals surface area contributed by atoms with Gasteiger partial charge in [0.1, 0.15) is 39.8 Å². The number of aromatic nitrogens is 3. The SMILES string of the molecule is Cc1onc(-c2c(F)cccc2Cl)c1C(=O)N1CCN(c2ncnc3sccc23)CC1.